The molecule has 0 spiro atoms. The van der Waals surface area contributed by atoms with Crippen LogP contribution in [-0.4, -0.2) is 55.0 Å². The Morgan fingerprint density at radius 1 is 0.882 bits per heavy atom. The Hall–Kier alpha value is -4.14. The second kappa shape index (κ2) is 11.1. The van der Waals surface area contributed by atoms with Crippen LogP contribution in [0.25, 0.3) is 16.9 Å². The number of hydrogen-bond acceptors (Lipinski definition) is 5. The first-order valence-electron chi connectivity index (χ1n) is 8.68. The number of imidazole rings is 1. The fourth-order valence-electron chi connectivity index (χ4n) is 2.15. The Balaban J connectivity index is 0.000000343. The van der Waals surface area contributed by atoms with Gasteiger partial charge >= 0.3 is 30.3 Å². The molecule has 1 aromatic carbocycles. The van der Waals surface area contributed by atoms with E-state index in [-0.39, 0.29) is 5.56 Å². The van der Waals surface area contributed by atoms with Crippen LogP contribution in [0.5, 0.6) is 0 Å². The van der Waals surface area contributed by atoms with E-state index in [1.54, 1.807) is 24.3 Å². The van der Waals surface area contributed by atoms with Gasteiger partial charge in [0.2, 0.25) is 0 Å². The van der Waals surface area contributed by atoms with Gasteiger partial charge in [0.05, 0.1) is 11.3 Å². The van der Waals surface area contributed by atoms with Gasteiger partial charge in [0.1, 0.15) is 5.65 Å². The monoisotopic (exact) mass is 495 g/mol. The standard InChI is InChI=1S/C15H13N3O2.2C2HF3O2/c16-8-12-2-1-7-18-9-13(17-14(12)18)10-3-5-11(6-4-10)15(19)20;2*3-2(4,5)1(6)7/h1-7,9H,8,16H2,(H,19,20);2*(H,6,7). The number of benzene rings is 1. The van der Waals surface area contributed by atoms with Crippen LogP contribution in [0.3, 0.4) is 0 Å². The lowest BCUT2D eigenvalue weighted by atomic mass is 10.1. The predicted molar refractivity (Wildman–Crippen MR) is 103 cm³/mol. The number of pyridine rings is 1. The van der Waals surface area contributed by atoms with Crippen LogP contribution in [0, 0.1) is 0 Å². The van der Waals surface area contributed by atoms with E-state index in [2.05, 4.69) is 4.98 Å². The maximum Gasteiger partial charge on any atom is 0.490 e. The topological polar surface area (TPSA) is 155 Å². The van der Waals surface area contributed by atoms with Gasteiger partial charge in [0.25, 0.3) is 0 Å². The van der Waals surface area contributed by atoms with Crippen LogP contribution in [0.15, 0.2) is 48.8 Å². The Bertz CT molecular complexity index is 1130. The number of fused-ring (bicyclic) bond motifs is 1. The minimum Gasteiger partial charge on any atom is -0.478 e. The van der Waals surface area contributed by atoms with Crippen molar-refractivity contribution in [2.75, 3.05) is 0 Å². The molecule has 2 heterocycles. The fourth-order valence-corrected chi connectivity index (χ4v) is 2.15. The minimum absolute atomic E-state index is 0.264. The number of alkyl halides is 6. The number of halogens is 6. The first kappa shape index (κ1) is 27.9. The van der Waals surface area contributed by atoms with Crippen molar-refractivity contribution in [2.45, 2.75) is 18.9 Å². The molecule has 3 rings (SSSR count). The molecule has 5 N–H and O–H groups in total. The zero-order chi connectivity index (χ0) is 26.3. The quantitative estimate of drug-likeness (QED) is 0.403. The molecule has 3 aromatic rings. The van der Waals surface area contributed by atoms with E-state index in [0.717, 1.165) is 22.5 Å². The van der Waals surface area contributed by atoms with E-state index in [4.69, 9.17) is 30.6 Å². The van der Waals surface area contributed by atoms with Crippen molar-refractivity contribution in [1.82, 2.24) is 9.38 Å². The summed E-state index contributed by atoms with van der Waals surface area (Å²) in [5.41, 5.74) is 9.43. The molecular weight excluding hydrogens is 480 g/mol. The van der Waals surface area contributed by atoms with Gasteiger partial charge < -0.3 is 25.5 Å². The van der Waals surface area contributed by atoms with Crippen LogP contribution >= 0.6 is 0 Å². The van der Waals surface area contributed by atoms with Gasteiger partial charge in [-0.25, -0.2) is 19.4 Å². The number of nitrogens with zero attached hydrogens (tertiary/aromatic N) is 2. The first-order chi connectivity index (χ1) is 15.6. The summed E-state index contributed by atoms with van der Waals surface area (Å²) in [6, 6.07) is 10.5. The van der Waals surface area contributed by atoms with E-state index >= 15 is 0 Å². The largest absolute Gasteiger partial charge is 0.490 e. The maximum atomic E-state index is 10.8. The van der Waals surface area contributed by atoms with Gasteiger partial charge in [0, 0.05) is 30.1 Å². The third-order valence-electron chi connectivity index (χ3n) is 3.70. The molecule has 0 saturated heterocycles. The van der Waals surface area contributed by atoms with Gasteiger partial charge in [-0.15, -0.1) is 0 Å². The zero-order valence-corrected chi connectivity index (χ0v) is 16.6. The fraction of sp³-hybridized carbons (Fsp3) is 0.158. The van der Waals surface area contributed by atoms with Gasteiger partial charge in [-0.05, 0) is 18.2 Å². The molecule has 0 radical (unpaired) electrons. The Morgan fingerprint density at radius 2 is 1.35 bits per heavy atom. The number of rotatable bonds is 3. The molecule has 9 nitrogen and oxygen atoms in total. The average Bonchev–Trinajstić information content (AvgIpc) is 3.17. The van der Waals surface area contributed by atoms with Crippen molar-refractivity contribution in [3.05, 3.63) is 59.9 Å². The molecule has 2 aromatic heterocycles. The zero-order valence-electron chi connectivity index (χ0n) is 16.6. The second-order valence-electron chi connectivity index (χ2n) is 6.08. The lowest BCUT2D eigenvalue weighted by Gasteiger charge is -1.98. The van der Waals surface area contributed by atoms with E-state index in [1.807, 2.05) is 28.9 Å². The summed E-state index contributed by atoms with van der Waals surface area (Å²) < 4.78 is 65.4. The highest BCUT2D eigenvalue weighted by molar-refractivity contribution is 5.88. The van der Waals surface area contributed by atoms with Gasteiger partial charge in [-0.1, -0.05) is 18.2 Å². The number of carboxylic acid groups (broad SMARTS) is 3. The molecule has 0 unspecified atom stereocenters. The van der Waals surface area contributed by atoms with E-state index in [0.29, 0.717) is 6.54 Å². The Labute approximate surface area is 185 Å². The highest BCUT2D eigenvalue weighted by atomic mass is 19.4. The molecule has 0 atom stereocenters. The average molecular weight is 495 g/mol. The second-order valence-corrected chi connectivity index (χ2v) is 6.08. The molecule has 15 heteroatoms. The number of carboxylic acids is 3. The van der Waals surface area contributed by atoms with E-state index in [9.17, 15) is 31.1 Å². The molecular formula is C19H15F6N3O6. The molecule has 184 valence electrons. The number of aromatic nitrogens is 2. The Kier molecular flexibility index (Phi) is 9.13. The summed E-state index contributed by atoms with van der Waals surface area (Å²) >= 11 is 0. The van der Waals surface area contributed by atoms with E-state index < -0.39 is 30.3 Å². The molecule has 0 amide bonds. The summed E-state index contributed by atoms with van der Waals surface area (Å²) in [5, 5.41) is 23.1. The van der Waals surface area contributed by atoms with Crippen molar-refractivity contribution in [3.8, 4) is 11.3 Å². The first-order valence-corrected chi connectivity index (χ1v) is 8.68. The normalized spacial score (nSPS) is 11.0. The lowest BCUT2D eigenvalue weighted by Crippen LogP contribution is -2.21. The Morgan fingerprint density at radius 3 is 1.74 bits per heavy atom. The number of hydrogen-bond donors (Lipinski definition) is 4. The summed E-state index contributed by atoms with van der Waals surface area (Å²) in [5.74, 6) is -6.45. The summed E-state index contributed by atoms with van der Waals surface area (Å²) in [6.07, 6.45) is -6.35. The highest BCUT2D eigenvalue weighted by Gasteiger charge is 2.38. The molecule has 0 aliphatic heterocycles. The molecule has 34 heavy (non-hydrogen) atoms. The van der Waals surface area contributed by atoms with Crippen LogP contribution < -0.4 is 5.73 Å². The predicted octanol–water partition coefficient (Wildman–Crippen LogP) is 3.42. The summed E-state index contributed by atoms with van der Waals surface area (Å²) in [6.45, 7) is 0.429. The molecule has 0 aliphatic carbocycles. The van der Waals surface area contributed by atoms with Crippen LogP contribution in [0.1, 0.15) is 15.9 Å². The van der Waals surface area contributed by atoms with Gasteiger partial charge in [0.15, 0.2) is 0 Å². The maximum absolute atomic E-state index is 10.8. The number of carbonyl (C=O) groups is 3. The van der Waals surface area contributed by atoms with Crippen LogP contribution in [-0.2, 0) is 16.1 Å². The SMILES string of the molecule is NCc1cccn2cc(-c3ccc(C(=O)O)cc3)nc12.O=C(O)C(F)(F)F.O=C(O)C(F)(F)F. The molecule has 0 fully saturated rings. The van der Waals surface area contributed by atoms with Crippen molar-refractivity contribution in [1.29, 1.82) is 0 Å². The molecule has 0 bridgehead atoms. The van der Waals surface area contributed by atoms with E-state index in [1.165, 1.54) is 0 Å². The van der Waals surface area contributed by atoms with Crippen molar-refractivity contribution < 1.29 is 56.0 Å². The number of nitrogens with two attached hydrogens (primary N) is 1. The number of aliphatic carboxylic acids is 2. The highest BCUT2D eigenvalue weighted by Crippen LogP contribution is 2.21. The smallest absolute Gasteiger partial charge is 0.478 e. The molecule has 0 saturated carbocycles. The lowest BCUT2D eigenvalue weighted by molar-refractivity contribution is -0.193. The number of aromatic carboxylic acids is 1. The van der Waals surface area contributed by atoms with Crippen molar-refractivity contribution in [2.24, 2.45) is 5.73 Å². The van der Waals surface area contributed by atoms with Gasteiger partial charge in [-0.2, -0.15) is 26.3 Å². The van der Waals surface area contributed by atoms with Crippen LogP contribution in [0.2, 0.25) is 0 Å². The summed E-state index contributed by atoms with van der Waals surface area (Å²) in [7, 11) is 0. The van der Waals surface area contributed by atoms with Crippen molar-refractivity contribution >= 4 is 23.6 Å². The van der Waals surface area contributed by atoms with Gasteiger partial charge in [-0.3, -0.25) is 0 Å². The third-order valence-corrected chi connectivity index (χ3v) is 3.70. The minimum atomic E-state index is -5.08. The van der Waals surface area contributed by atoms with Crippen molar-refractivity contribution in [3.63, 3.8) is 0 Å². The van der Waals surface area contributed by atoms with Crippen LogP contribution in [0.4, 0.5) is 26.3 Å². The molecule has 0 aliphatic rings. The third kappa shape index (κ3) is 8.09. The summed E-state index contributed by atoms with van der Waals surface area (Å²) in [4.78, 5) is 33.2.